The second-order valence-electron chi connectivity index (χ2n) is 5.24. The summed E-state index contributed by atoms with van der Waals surface area (Å²) in [7, 11) is 0. The summed E-state index contributed by atoms with van der Waals surface area (Å²) in [5.74, 6) is 5.63. The molecule has 1 aromatic carbocycles. The van der Waals surface area contributed by atoms with Gasteiger partial charge >= 0.3 is 0 Å². The summed E-state index contributed by atoms with van der Waals surface area (Å²) in [5, 5.41) is 0. The van der Waals surface area contributed by atoms with Gasteiger partial charge in [-0.2, -0.15) is 0 Å². The van der Waals surface area contributed by atoms with Crippen molar-refractivity contribution in [3.05, 3.63) is 35.4 Å². The molecule has 2 heteroatoms. The molecule has 0 fully saturated rings. The van der Waals surface area contributed by atoms with Crippen LogP contribution in [0, 0.1) is 6.92 Å². The van der Waals surface area contributed by atoms with Crippen molar-refractivity contribution in [1.29, 1.82) is 0 Å². The van der Waals surface area contributed by atoms with Crippen molar-refractivity contribution < 1.29 is 0 Å². The van der Waals surface area contributed by atoms with Gasteiger partial charge < -0.3 is 0 Å². The lowest BCUT2D eigenvalue weighted by molar-refractivity contribution is 0.441. The molecule has 0 amide bonds. The number of rotatable bonds is 9. The normalized spacial score (nSPS) is 12.6. The van der Waals surface area contributed by atoms with Crippen LogP contribution in [0.5, 0.6) is 0 Å². The largest absolute Gasteiger partial charge is 0.271 e. The van der Waals surface area contributed by atoms with Gasteiger partial charge in [0, 0.05) is 6.04 Å². The van der Waals surface area contributed by atoms with E-state index in [1.54, 1.807) is 0 Å². The van der Waals surface area contributed by atoms with Gasteiger partial charge in [0.2, 0.25) is 0 Å². The Morgan fingerprint density at radius 3 is 2.39 bits per heavy atom. The molecule has 0 saturated heterocycles. The minimum absolute atomic E-state index is 0.461. The molecule has 0 aromatic heterocycles. The van der Waals surface area contributed by atoms with E-state index in [1.165, 1.54) is 43.2 Å². The van der Waals surface area contributed by atoms with Crippen molar-refractivity contribution in [2.75, 3.05) is 0 Å². The number of benzene rings is 1. The third-order valence-electron chi connectivity index (χ3n) is 3.54. The minimum atomic E-state index is 0.461. The number of hydrazine groups is 1. The summed E-state index contributed by atoms with van der Waals surface area (Å²) in [5.41, 5.74) is 5.70. The van der Waals surface area contributed by atoms with Gasteiger partial charge in [-0.15, -0.1) is 0 Å². The Kier molecular flexibility index (Phi) is 7.70. The molecule has 0 aliphatic rings. The van der Waals surface area contributed by atoms with Gasteiger partial charge in [0.25, 0.3) is 0 Å². The van der Waals surface area contributed by atoms with Crippen molar-refractivity contribution >= 4 is 0 Å². The number of nitrogens with one attached hydrogen (secondary N) is 1. The highest BCUT2D eigenvalue weighted by Gasteiger charge is 2.06. The first-order valence-electron chi connectivity index (χ1n) is 7.28. The predicted octanol–water partition coefficient (Wildman–Crippen LogP) is 3.73. The van der Waals surface area contributed by atoms with E-state index in [0.29, 0.717) is 6.04 Å². The molecule has 1 atom stereocenters. The molecule has 1 rings (SSSR count). The van der Waals surface area contributed by atoms with Gasteiger partial charge in [-0.05, 0) is 31.7 Å². The summed E-state index contributed by atoms with van der Waals surface area (Å²) in [6.45, 7) is 4.37. The van der Waals surface area contributed by atoms with Crippen LogP contribution in [0.25, 0.3) is 0 Å². The maximum atomic E-state index is 5.63. The van der Waals surface area contributed by atoms with Crippen LogP contribution < -0.4 is 11.3 Å². The fourth-order valence-corrected chi connectivity index (χ4v) is 2.22. The SMILES string of the molecule is CCCCCCC(CCc1ccc(C)cc1)NN. The Morgan fingerprint density at radius 1 is 1.06 bits per heavy atom. The third kappa shape index (κ3) is 6.18. The standard InChI is InChI=1S/C16H28N2/c1-3-4-5-6-7-16(18-17)13-12-15-10-8-14(2)9-11-15/h8-11,16,18H,3-7,12-13,17H2,1-2H3. The first-order valence-corrected chi connectivity index (χ1v) is 7.28. The fourth-order valence-electron chi connectivity index (χ4n) is 2.22. The van der Waals surface area contributed by atoms with Crippen LogP contribution in [0.3, 0.4) is 0 Å². The van der Waals surface area contributed by atoms with Gasteiger partial charge in [-0.25, -0.2) is 0 Å². The molecule has 1 unspecified atom stereocenters. The molecule has 0 saturated carbocycles. The topological polar surface area (TPSA) is 38.0 Å². The first-order chi connectivity index (χ1) is 8.76. The number of hydrogen-bond acceptors (Lipinski definition) is 2. The average molecular weight is 248 g/mol. The maximum Gasteiger partial charge on any atom is 0.0213 e. The third-order valence-corrected chi connectivity index (χ3v) is 3.54. The van der Waals surface area contributed by atoms with Crippen LogP contribution in [-0.4, -0.2) is 6.04 Å². The van der Waals surface area contributed by atoms with E-state index in [1.807, 2.05) is 0 Å². The number of unbranched alkanes of at least 4 members (excludes halogenated alkanes) is 3. The van der Waals surface area contributed by atoms with E-state index in [4.69, 9.17) is 5.84 Å². The monoisotopic (exact) mass is 248 g/mol. The minimum Gasteiger partial charge on any atom is -0.271 e. The van der Waals surface area contributed by atoms with Crippen LogP contribution in [0.4, 0.5) is 0 Å². The Bertz CT molecular complexity index is 305. The van der Waals surface area contributed by atoms with Crippen LogP contribution in [0.15, 0.2) is 24.3 Å². The average Bonchev–Trinajstić information content (AvgIpc) is 2.40. The Labute approximate surface area is 112 Å². The quantitative estimate of drug-likeness (QED) is 0.397. The van der Waals surface area contributed by atoms with Crippen LogP contribution in [0.1, 0.15) is 56.6 Å². The summed E-state index contributed by atoms with van der Waals surface area (Å²) in [6.07, 6.45) is 8.70. The lowest BCUT2D eigenvalue weighted by Crippen LogP contribution is -2.35. The Balaban J connectivity index is 2.24. The molecule has 1 aromatic rings. The van der Waals surface area contributed by atoms with Gasteiger partial charge in [-0.3, -0.25) is 11.3 Å². The predicted molar refractivity (Wildman–Crippen MR) is 79.4 cm³/mol. The molecular formula is C16H28N2. The highest BCUT2D eigenvalue weighted by Crippen LogP contribution is 2.11. The number of nitrogens with two attached hydrogens (primary N) is 1. The van der Waals surface area contributed by atoms with Crippen molar-refractivity contribution in [3.63, 3.8) is 0 Å². The van der Waals surface area contributed by atoms with Gasteiger partial charge in [0.1, 0.15) is 0 Å². The molecule has 3 N–H and O–H groups in total. The van der Waals surface area contributed by atoms with E-state index in [-0.39, 0.29) is 0 Å². The summed E-state index contributed by atoms with van der Waals surface area (Å²) in [4.78, 5) is 0. The molecule has 0 bridgehead atoms. The van der Waals surface area contributed by atoms with Crippen LogP contribution in [0.2, 0.25) is 0 Å². The molecule has 0 aliphatic carbocycles. The first kappa shape index (κ1) is 15.2. The smallest absolute Gasteiger partial charge is 0.0213 e. The van der Waals surface area contributed by atoms with E-state index in [0.717, 1.165) is 12.8 Å². The number of aryl methyl sites for hydroxylation is 2. The molecule has 0 heterocycles. The highest BCUT2D eigenvalue weighted by atomic mass is 15.2. The van der Waals surface area contributed by atoms with E-state index in [2.05, 4.69) is 43.5 Å². The number of hydrogen-bond donors (Lipinski definition) is 2. The van der Waals surface area contributed by atoms with E-state index < -0.39 is 0 Å². The molecule has 0 aliphatic heterocycles. The van der Waals surface area contributed by atoms with E-state index >= 15 is 0 Å². The zero-order valence-electron chi connectivity index (χ0n) is 11.9. The molecular weight excluding hydrogens is 220 g/mol. The summed E-state index contributed by atoms with van der Waals surface area (Å²) >= 11 is 0. The zero-order chi connectivity index (χ0) is 13.2. The lowest BCUT2D eigenvalue weighted by Gasteiger charge is -2.15. The van der Waals surface area contributed by atoms with Crippen molar-refractivity contribution in [2.24, 2.45) is 5.84 Å². The lowest BCUT2D eigenvalue weighted by atomic mass is 10.00. The zero-order valence-corrected chi connectivity index (χ0v) is 11.9. The van der Waals surface area contributed by atoms with Crippen molar-refractivity contribution in [1.82, 2.24) is 5.43 Å². The van der Waals surface area contributed by atoms with Crippen LogP contribution in [-0.2, 0) is 6.42 Å². The summed E-state index contributed by atoms with van der Waals surface area (Å²) in [6, 6.07) is 9.27. The second kappa shape index (κ2) is 9.12. The van der Waals surface area contributed by atoms with Crippen molar-refractivity contribution in [2.45, 2.75) is 64.8 Å². The van der Waals surface area contributed by atoms with Gasteiger partial charge in [0.15, 0.2) is 0 Å². The van der Waals surface area contributed by atoms with Crippen molar-refractivity contribution in [3.8, 4) is 0 Å². The summed E-state index contributed by atoms with van der Waals surface area (Å²) < 4.78 is 0. The molecule has 102 valence electrons. The maximum absolute atomic E-state index is 5.63. The molecule has 0 spiro atoms. The van der Waals surface area contributed by atoms with Crippen LogP contribution >= 0.6 is 0 Å². The van der Waals surface area contributed by atoms with Gasteiger partial charge in [-0.1, -0.05) is 62.4 Å². The van der Waals surface area contributed by atoms with Gasteiger partial charge in [0.05, 0.1) is 0 Å². The molecule has 18 heavy (non-hydrogen) atoms. The Hall–Kier alpha value is -0.860. The highest BCUT2D eigenvalue weighted by molar-refractivity contribution is 5.21. The Morgan fingerprint density at radius 2 is 1.78 bits per heavy atom. The molecule has 0 radical (unpaired) electrons. The fraction of sp³-hybridized carbons (Fsp3) is 0.625. The second-order valence-corrected chi connectivity index (χ2v) is 5.24. The van der Waals surface area contributed by atoms with E-state index in [9.17, 15) is 0 Å². The molecule has 2 nitrogen and oxygen atoms in total.